The summed E-state index contributed by atoms with van der Waals surface area (Å²) in [6.07, 6.45) is 4.72. The molecule has 64 heavy (non-hydrogen) atoms. The number of anilines is 9. The van der Waals surface area contributed by atoms with Crippen molar-refractivity contribution in [2.24, 2.45) is 0 Å². The molecule has 9 N–H and O–H groups in total. The Morgan fingerprint density at radius 1 is 0.641 bits per heavy atom. The molecule has 0 atom stereocenters. The summed E-state index contributed by atoms with van der Waals surface area (Å²) >= 11 is 0.665. The van der Waals surface area contributed by atoms with Crippen LogP contribution >= 0.6 is 12.0 Å². The Morgan fingerprint density at radius 2 is 1.14 bits per heavy atom. The summed E-state index contributed by atoms with van der Waals surface area (Å²) in [5, 5.41) is 47.9. The van der Waals surface area contributed by atoms with Gasteiger partial charge in [0.15, 0.2) is 0 Å². The molecular weight excluding hydrogens is 869 g/mol. The van der Waals surface area contributed by atoms with Gasteiger partial charge < -0.3 is 51.5 Å². The summed E-state index contributed by atoms with van der Waals surface area (Å²) < 4.78 is 40.7. The number of rotatable bonds is 27. The molecule has 5 aromatic rings. The summed E-state index contributed by atoms with van der Waals surface area (Å²) in [5.74, 6) is 1.31. The second kappa shape index (κ2) is 24.9. The van der Waals surface area contributed by atoms with Crippen molar-refractivity contribution in [3.05, 3.63) is 77.9 Å². The number of nitrogens with one attached hydrogen (secondary N) is 5. The van der Waals surface area contributed by atoms with Gasteiger partial charge in [-0.3, -0.25) is 4.55 Å². The number of aromatic nitrogens is 6. The van der Waals surface area contributed by atoms with E-state index in [9.17, 15) is 23.2 Å². The van der Waals surface area contributed by atoms with E-state index in [4.69, 9.17) is 9.59 Å². The van der Waals surface area contributed by atoms with E-state index in [1.165, 1.54) is 18.2 Å². The van der Waals surface area contributed by atoms with Crippen LogP contribution in [0.4, 0.5) is 52.8 Å². The first-order valence-corrected chi connectivity index (χ1v) is 22.2. The van der Waals surface area contributed by atoms with Crippen molar-refractivity contribution in [1.82, 2.24) is 39.7 Å². The van der Waals surface area contributed by atoms with Crippen molar-refractivity contribution in [2.45, 2.75) is 22.6 Å². The second-order valence-corrected chi connectivity index (χ2v) is 16.6. The maximum absolute atomic E-state index is 12.8. The topological polar surface area (TPSA) is 281 Å². The number of hydrogen-bond acceptors (Lipinski definition) is 22. The second-order valence-electron chi connectivity index (χ2n) is 14.5. The highest BCUT2D eigenvalue weighted by atomic mass is 32.2. The van der Waals surface area contributed by atoms with Gasteiger partial charge in [0, 0.05) is 48.1 Å². The summed E-state index contributed by atoms with van der Waals surface area (Å²) in [7, 11) is 3.18. The van der Waals surface area contributed by atoms with Crippen LogP contribution in [-0.2, 0) is 19.5 Å². The SMILES string of the molecule is CN(C)CCCNc1nc(Nc2ccccc2)nc(Nc2ccc(/C=C/c3ccc(Nc4nc(NCCCN(C)C)nc(N(CCO)CCO)n4)cc3SOOO)c(S(=O)(=O)O)c2)n1. The highest BCUT2D eigenvalue weighted by Gasteiger charge is 2.18. The molecule has 0 spiro atoms. The predicted molar refractivity (Wildman–Crippen MR) is 248 cm³/mol. The fourth-order valence-electron chi connectivity index (χ4n) is 5.89. The molecule has 5 rings (SSSR count). The third kappa shape index (κ3) is 16.1. The van der Waals surface area contributed by atoms with E-state index in [2.05, 4.69) is 71.3 Å². The zero-order valence-corrected chi connectivity index (χ0v) is 37.5. The van der Waals surface area contributed by atoms with Gasteiger partial charge in [0.25, 0.3) is 10.1 Å². The molecule has 344 valence electrons. The van der Waals surface area contributed by atoms with Gasteiger partial charge in [0.2, 0.25) is 35.7 Å². The van der Waals surface area contributed by atoms with E-state index < -0.39 is 15.0 Å². The van der Waals surface area contributed by atoms with Gasteiger partial charge in [0.1, 0.15) is 4.90 Å². The molecular formula is C40H54N14O8S2. The van der Waals surface area contributed by atoms with E-state index in [1.807, 2.05) is 58.5 Å². The average molecular weight is 923 g/mol. The number of benzene rings is 3. The lowest BCUT2D eigenvalue weighted by atomic mass is 10.1. The maximum atomic E-state index is 12.8. The fraction of sp³-hybridized carbons (Fsp3) is 0.350. The smallest absolute Gasteiger partial charge is 0.295 e. The van der Waals surface area contributed by atoms with Gasteiger partial charge in [-0.2, -0.15) is 38.3 Å². The highest BCUT2D eigenvalue weighted by Crippen LogP contribution is 2.31. The largest absolute Gasteiger partial charge is 0.395 e. The molecule has 0 fully saturated rings. The van der Waals surface area contributed by atoms with Gasteiger partial charge >= 0.3 is 0 Å². The molecule has 0 amide bonds. The van der Waals surface area contributed by atoms with Gasteiger partial charge in [-0.1, -0.05) is 47.5 Å². The van der Waals surface area contributed by atoms with Crippen LogP contribution in [0.1, 0.15) is 24.0 Å². The van der Waals surface area contributed by atoms with Crippen molar-refractivity contribution in [3.8, 4) is 0 Å². The van der Waals surface area contributed by atoms with E-state index >= 15 is 0 Å². The molecule has 0 saturated carbocycles. The number of hydrogen-bond donors (Lipinski definition) is 9. The van der Waals surface area contributed by atoms with Crippen LogP contribution < -0.4 is 31.5 Å². The first-order chi connectivity index (χ1) is 30.8. The van der Waals surface area contributed by atoms with Crippen molar-refractivity contribution in [1.29, 1.82) is 0 Å². The molecule has 2 heterocycles. The fourth-order valence-corrected chi connectivity index (χ4v) is 7.11. The molecule has 2 aromatic heterocycles. The summed E-state index contributed by atoms with van der Waals surface area (Å²) in [6.45, 7) is 2.81. The number of nitrogens with zero attached hydrogens (tertiary/aromatic N) is 9. The van der Waals surface area contributed by atoms with E-state index in [0.29, 0.717) is 47.2 Å². The van der Waals surface area contributed by atoms with Crippen molar-refractivity contribution < 1.29 is 37.8 Å². The molecule has 0 aliphatic heterocycles. The minimum atomic E-state index is -4.75. The van der Waals surface area contributed by atoms with Crippen LogP contribution in [-0.4, -0.2) is 149 Å². The van der Waals surface area contributed by atoms with Crippen LogP contribution in [0.3, 0.4) is 0 Å². The summed E-state index contributed by atoms with van der Waals surface area (Å²) in [5.41, 5.74) is 2.15. The molecule has 0 unspecified atom stereocenters. The van der Waals surface area contributed by atoms with Crippen LogP contribution in [0.5, 0.6) is 0 Å². The standard InChI is InChI=1S/C40H54N14O8S2/c1-52(2)20-8-18-41-35-46-37(43-30-10-6-5-7-11-30)49-38(47-35)45-32-17-15-29(34(27-32)64(58,59)60)13-12-28-14-16-31(26-33(28)63-62-61-57)44-39-48-36(42-19-9-21-53(3)4)50-40(51-39)54(22-24-55)23-25-56/h5-7,10-17,26-27,55-57H,8-9,18-25H2,1-4H3,(H,58,59,60)(H2,42,44,48,50,51)(H3,41,43,45,46,47,49)/b13-12+. The molecule has 24 heteroatoms. The zero-order chi connectivity index (χ0) is 45.9. The number of para-hydroxylation sites is 1. The minimum Gasteiger partial charge on any atom is -0.395 e. The average Bonchev–Trinajstić information content (AvgIpc) is 3.25. The minimum absolute atomic E-state index is 0.114. The molecule has 0 aliphatic carbocycles. The Balaban J connectivity index is 1.40. The van der Waals surface area contributed by atoms with Crippen molar-refractivity contribution in [3.63, 3.8) is 0 Å². The maximum Gasteiger partial charge on any atom is 0.295 e. The first kappa shape index (κ1) is 49.2. The Morgan fingerprint density at radius 3 is 1.70 bits per heavy atom. The highest BCUT2D eigenvalue weighted by molar-refractivity contribution is 7.94. The lowest BCUT2D eigenvalue weighted by molar-refractivity contribution is -0.432. The lowest BCUT2D eigenvalue weighted by Crippen LogP contribution is -2.32. The molecule has 0 radical (unpaired) electrons. The van der Waals surface area contributed by atoms with Gasteiger partial charge in [-0.15, -0.1) is 4.33 Å². The van der Waals surface area contributed by atoms with E-state index in [1.54, 1.807) is 35.2 Å². The Bertz CT molecular complexity index is 2380. The molecule has 3 aromatic carbocycles. The molecule has 22 nitrogen and oxygen atoms in total. The summed E-state index contributed by atoms with van der Waals surface area (Å²) in [4.78, 5) is 32.8. The Kier molecular flexibility index (Phi) is 19.1. The van der Waals surface area contributed by atoms with Gasteiger partial charge in [-0.05, 0) is 102 Å². The third-order valence-corrected chi connectivity index (χ3v) is 10.4. The molecule has 0 saturated heterocycles. The Hall–Kier alpha value is -5.80. The molecule has 0 bridgehead atoms. The Labute approximate surface area is 376 Å². The first-order valence-electron chi connectivity index (χ1n) is 20.0. The predicted octanol–water partition coefficient (Wildman–Crippen LogP) is 4.65. The molecule has 0 aliphatic rings. The normalized spacial score (nSPS) is 11.7. The summed E-state index contributed by atoms with van der Waals surface area (Å²) in [6, 6.07) is 18.7. The van der Waals surface area contributed by atoms with Gasteiger partial charge in [-0.25, -0.2) is 5.26 Å². The third-order valence-electron chi connectivity index (χ3n) is 8.86. The van der Waals surface area contributed by atoms with Crippen LogP contribution in [0.2, 0.25) is 0 Å². The van der Waals surface area contributed by atoms with E-state index in [0.717, 1.165) is 31.6 Å². The van der Waals surface area contributed by atoms with Crippen molar-refractivity contribution in [2.75, 3.05) is 112 Å². The van der Waals surface area contributed by atoms with Crippen LogP contribution in [0, 0.1) is 0 Å². The van der Waals surface area contributed by atoms with E-state index in [-0.39, 0.29) is 67.3 Å². The number of aliphatic hydroxyl groups is 2. The van der Waals surface area contributed by atoms with Crippen LogP contribution in [0.15, 0.2) is 76.5 Å². The van der Waals surface area contributed by atoms with Gasteiger partial charge in [0.05, 0.1) is 25.3 Å². The monoisotopic (exact) mass is 922 g/mol. The van der Waals surface area contributed by atoms with Crippen molar-refractivity contribution >= 4 is 87.1 Å². The quantitative estimate of drug-likeness (QED) is 0.00865. The zero-order valence-electron chi connectivity index (χ0n) is 35.8. The number of aliphatic hydroxyl groups excluding tert-OH is 2. The lowest BCUT2D eigenvalue weighted by Gasteiger charge is -2.21. The van der Waals surface area contributed by atoms with Crippen LogP contribution in [0.25, 0.3) is 12.2 Å².